The molecule has 3 nitrogen and oxygen atoms in total. The van der Waals surface area contributed by atoms with Gasteiger partial charge in [-0.3, -0.25) is 0 Å². The van der Waals surface area contributed by atoms with Crippen molar-refractivity contribution in [1.82, 2.24) is 9.55 Å². The van der Waals surface area contributed by atoms with Crippen LogP contribution in [0.2, 0.25) is 0 Å². The summed E-state index contributed by atoms with van der Waals surface area (Å²) >= 11 is 3.43. The zero-order chi connectivity index (χ0) is 13.2. The van der Waals surface area contributed by atoms with E-state index >= 15 is 0 Å². The maximum Gasteiger partial charge on any atom is 0.101 e. The molecule has 1 heterocycles. The van der Waals surface area contributed by atoms with Gasteiger partial charge in [0.2, 0.25) is 0 Å². The fourth-order valence-corrected chi connectivity index (χ4v) is 2.99. The van der Waals surface area contributed by atoms with Gasteiger partial charge in [0.1, 0.15) is 6.07 Å². The van der Waals surface area contributed by atoms with Gasteiger partial charge in [-0.2, -0.15) is 5.26 Å². The number of hydrogen-bond acceptors (Lipinski definition) is 2. The van der Waals surface area contributed by atoms with Gasteiger partial charge < -0.3 is 4.57 Å². The first-order valence-corrected chi connectivity index (χ1v) is 7.60. The van der Waals surface area contributed by atoms with E-state index in [-0.39, 0.29) is 0 Å². The number of aromatic nitrogens is 2. The van der Waals surface area contributed by atoms with Crippen molar-refractivity contribution in [2.75, 3.05) is 0 Å². The topological polar surface area (TPSA) is 41.6 Å². The molecule has 0 unspecified atom stereocenters. The van der Waals surface area contributed by atoms with Crippen molar-refractivity contribution in [3.63, 3.8) is 0 Å². The highest BCUT2D eigenvalue weighted by molar-refractivity contribution is 9.08. The third-order valence-electron chi connectivity index (χ3n) is 3.63. The molecule has 0 bridgehead atoms. The van der Waals surface area contributed by atoms with Crippen molar-refractivity contribution in [3.8, 4) is 11.8 Å². The standard InChI is InChI=1S/C15H14BrN3/c16-8-11-5-6-14(12(7-11)9-17)19-10-18-13-3-1-2-4-15(13)19/h5-7,10H,1-4,8H2. The Hall–Kier alpha value is -1.60. The number of halogens is 1. The Morgan fingerprint density at radius 2 is 2.16 bits per heavy atom. The number of benzene rings is 1. The first-order chi connectivity index (χ1) is 9.33. The van der Waals surface area contributed by atoms with E-state index in [0.29, 0.717) is 5.56 Å². The van der Waals surface area contributed by atoms with E-state index in [1.807, 2.05) is 18.5 Å². The molecule has 0 aliphatic heterocycles. The molecule has 0 saturated carbocycles. The van der Waals surface area contributed by atoms with E-state index in [4.69, 9.17) is 0 Å². The van der Waals surface area contributed by atoms with Gasteiger partial charge in [0.05, 0.1) is 23.3 Å². The maximum absolute atomic E-state index is 9.34. The third-order valence-corrected chi connectivity index (χ3v) is 4.27. The molecule has 0 fully saturated rings. The van der Waals surface area contributed by atoms with Crippen molar-refractivity contribution >= 4 is 15.9 Å². The van der Waals surface area contributed by atoms with Crippen LogP contribution < -0.4 is 0 Å². The summed E-state index contributed by atoms with van der Waals surface area (Å²) in [6.07, 6.45) is 6.40. The van der Waals surface area contributed by atoms with Crippen LogP contribution in [-0.2, 0) is 18.2 Å². The lowest BCUT2D eigenvalue weighted by Crippen LogP contribution is -2.08. The average Bonchev–Trinajstić information content (AvgIpc) is 2.90. The molecule has 1 aliphatic rings. The monoisotopic (exact) mass is 315 g/mol. The van der Waals surface area contributed by atoms with Crippen LogP contribution in [0.1, 0.15) is 35.4 Å². The molecule has 0 saturated heterocycles. The Balaban J connectivity index is 2.12. The fraction of sp³-hybridized carbons (Fsp3) is 0.333. The predicted molar refractivity (Wildman–Crippen MR) is 77.6 cm³/mol. The van der Waals surface area contributed by atoms with Crippen LogP contribution in [0.4, 0.5) is 0 Å². The van der Waals surface area contributed by atoms with Gasteiger partial charge in [0.25, 0.3) is 0 Å². The third kappa shape index (κ3) is 2.19. The van der Waals surface area contributed by atoms with E-state index in [0.717, 1.165) is 29.4 Å². The normalized spacial score (nSPS) is 13.9. The van der Waals surface area contributed by atoms with E-state index in [1.165, 1.54) is 24.2 Å². The second kappa shape index (κ2) is 5.18. The molecule has 2 aromatic rings. The van der Waals surface area contributed by atoms with Gasteiger partial charge in [0, 0.05) is 11.0 Å². The van der Waals surface area contributed by atoms with Gasteiger partial charge in [0.15, 0.2) is 0 Å². The van der Waals surface area contributed by atoms with Gasteiger partial charge in [-0.25, -0.2) is 4.98 Å². The van der Waals surface area contributed by atoms with Crippen LogP contribution in [-0.4, -0.2) is 9.55 Å². The fourth-order valence-electron chi connectivity index (χ4n) is 2.64. The number of alkyl halides is 1. The molecule has 96 valence electrons. The van der Waals surface area contributed by atoms with Crippen molar-refractivity contribution in [2.45, 2.75) is 31.0 Å². The summed E-state index contributed by atoms with van der Waals surface area (Å²) in [6.45, 7) is 0. The molecule has 0 amide bonds. The van der Waals surface area contributed by atoms with Gasteiger partial charge in [-0.05, 0) is 43.4 Å². The SMILES string of the molecule is N#Cc1cc(CBr)ccc1-n1cnc2c1CCCC2. The Morgan fingerprint density at radius 1 is 1.32 bits per heavy atom. The number of nitriles is 1. The minimum Gasteiger partial charge on any atom is -0.302 e. The highest BCUT2D eigenvalue weighted by Gasteiger charge is 2.17. The first-order valence-electron chi connectivity index (χ1n) is 6.48. The van der Waals surface area contributed by atoms with Crippen molar-refractivity contribution in [1.29, 1.82) is 5.26 Å². The van der Waals surface area contributed by atoms with E-state index in [9.17, 15) is 5.26 Å². The van der Waals surface area contributed by atoms with Crippen LogP contribution in [0.3, 0.4) is 0 Å². The molecule has 3 rings (SSSR count). The van der Waals surface area contributed by atoms with Crippen LogP contribution in [0, 0.1) is 11.3 Å². The summed E-state index contributed by atoms with van der Waals surface area (Å²) in [5, 5.41) is 10.1. The minimum absolute atomic E-state index is 0.711. The summed E-state index contributed by atoms with van der Waals surface area (Å²) in [5.41, 5.74) is 5.24. The van der Waals surface area contributed by atoms with Gasteiger partial charge >= 0.3 is 0 Å². The minimum atomic E-state index is 0.711. The van der Waals surface area contributed by atoms with E-state index in [1.54, 1.807) is 0 Å². The number of aryl methyl sites for hydroxylation is 1. The Labute approximate surface area is 121 Å². The first kappa shape index (κ1) is 12.4. The van der Waals surface area contributed by atoms with Crippen LogP contribution in [0.5, 0.6) is 0 Å². The van der Waals surface area contributed by atoms with Crippen LogP contribution in [0.25, 0.3) is 5.69 Å². The highest BCUT2D eigenvalue weighted by Crippen LogP contribution is 2.25. The number of nitrogens with zero attached hydrogens (tertiary/aromatic N) is 3. The summed E-state index contributed by atoms with van der Waals surface area (Å²) in [6, 6.07) is 8.31. The second-order valence-electron chi connectivity index (χ2n) is 4.81. The largest absolute Gasteiger partial charge is 0.302 e. The smallest absolute Gasteiger partial charge is 0.101 e. The lowest BCUT2D eigenvalue weighted by atomic mass is 10.0. The van der Waals surface area contributed by atoms with Crippen LogP contribution >= 0.6 is 15.9 Å². The molecule has 0 atom stereocenters. The number of rotatable bonds is 2. The lowest BCUT2D eigenvalue weighted by Gasteiger charge is -2.15. The zero-order valence-electron chi connectivity index (χ0n) is 10.6. The second-order valence-corrected chi connectivity index (χ2v) is 5.37. The molecular weight excluding hydrogens is 302 g/mol. The molecule has 1 aromatic heterocycles. The summed E-state index contributed by atoms with van der Waals surface area (Å²) < 4.78 is 2.09. The average molecular weight is 316 g/mol. The summed E-state index contributed by atoms with van der Waals surface area (Å²) in [5.74, 6) is 0. The highest BCUT2D eigenvalue weighted by atomic mass is 79.9. The molecule has 4 heteroatoms. The molecular formula is C15H14BrN3. The van der Waals surface area contributed by atoms with E-state index < -0.39 is 0 Å². The number of fused-ring (bicyclic) bond motifs is 1. The van der Waals surface area contributed by atoms with E-state index in [2.05, 4.69) is 37.6 Å². The van der Waals surface area contributed by atoms with Gasteiger partial charge in [-0.15, -0.1) is 0 Å². The summed E-state index contributed by atoms with van der Waals surface area (Å²) in [4.78, 5) is 4.50. The Morgan fingerprint density at radius 3 is 2.95 bits per heavy atom. The van der Waals surface area contributed by atoms with Crippen LogP contribution in [0.15, 0.2) is 24.5 Å². The molecule has 0 radical (unpaired) electrons. The summed E-state index contributed by atoms with van der Waals surface area (Å²) in [7, 11) is 0. The maximum atomic E-state index is 9.34. The molecule has 1 aliphatic carbocycles. The molecule has 0 spiro atoms. The Kier molecular flexibility index (Phi) is 3.39. The predicted octanol–water partition coefficient (Wildman–Crippen LogP) is 3.52. The molecule has 1 aromatic carbocycles. The van der Waals surface area contributed by atoms with Crippen molar-refractivity contribution in [3.05, 3.63) is 47.0 Å². The van der Waals surface area contributed by atoms with Gasteiger partial charge in [-0.1, -0.05) is 22.0 Å². The Bertz CT molecular complexity index is 652. The molecule has 19 heavy (non-hydrogen) atoms. The number of imidazole rings is 1. The van der Waals surface area contributed by atoms with Crippen molar-refractivity contribution in [2.24, 2.45) is 0 Å². The quantitative estimate of drug-likeness (QED) is 0.796. The zero-order valence-corrected chi connectivity index (χ0v) is 12.2. The lowest BCUT2D eigenvalue weighted by molar-refractivity contribution is 0.656. The molecule has 0 N–H and O–H groups in total. The van der Waals surface area contributed by atoms with Crippen molar-refractivity contribution < 1.29 is 0 Å². The number of hydrogen-bond donors (Lipinski definition) is 0.